The molecule has 1 heterocycles. The van der Waals surface area contributed by atoms with Gasteiger partial charge in [0, 0.05) is 22.7 Å². The highest BCUT2D eigenvalue weighted by atomic mass is 35.5. The standard InChI is InChI=1S/C11H12ClNO/c1-7-6-9(12)8-4-2-3-5-10(14)11(8)13-7/h6H,2-5H2,1H3. The van der Waals surface area contributed by atoms with Crippen LogP contribution in [0.1, 0.15) is 41.0 Å². The van der Waals surface area contributed by atoms with Crippen LogP contribution in [0.4, 0.5) is 0 Å². The third-order valence-corrected chi connectivity index (χ3v) is 2.88. The van der Waals surface area contributed by atoms with Crippen molar-refractivity contribution >= 4 is 17.4 Å². The van der Waals surface area contributed by atoms with E-state index in [0.29, 0.717) is 17.1 Å². The number of rotatable bonds is 0. The summed E-state index contributed by atoms with van der Waals surface area (Å²) in [5.41, 5.74) is 2.37. The lowest BCUT2D eigenvalue weighted by atomic mass is 10.1. The molecule has 2 rings (SSSR count). The van der Waals surface area contributed by atoms with E-state index in [1.807, 2.05) is 13.0 Å². The number of hydrogen-bond acceptors (Lipinski definition) is 2. The average Bonchev–Trinajstić information content (AvgIpc) is 2.29. The molecular formula is C11H12ClNO. The molecule has 0 saturated heterocycles. The number of aromatic nitrogens is 1. The normalized spacial score (nSPS) is 16.3. The first-order valence-electron chi connectivity index (χ1n) is 4.87. The third kappa shape index (κ3) is 1.67. The minimum absolute atomic E-state index is 0.142. The van der Waals surface area contributed by atoms with Gasteiger partial charge in [-0.05, 0) is 32.3 Å². The summed E-state index contributed by atoms with van der Waals surface area (Å²) >= 11 is 6.09. The Bertz CT molecular complexity index is 387. The van der Waals surface area contributed by atoms with Crippen molar-refractivity contribution in [1.82, 2.24) is 4.98 Å². The number of nitrogens with zero attached hydrogens (tertiary/aromatic N) is 1. The highest BCUT2D eigenvalue weighted by Gasteiger charge is 2.19. The van der Waals surface area contributed by atoms with Gasteiger partial charge in [0.05, 0.1) is 0 Å². The van der Waals surface area contributed by atoms with Crippen molar-refractivity contribution in [2.45, 2.75) is 32.6 Å². The number of Topliss-reactive ketones (excluding diaryl/α,β-unsaturated/α-hetero) is 1. The van der Waals surface area contributed by atoms with Crippen molar-refractivity contribution in [2.75, 3.05) is 0 Å². The fourth-order valence-electron chi connectivity index (χ4n) is 1.83. The van der Waals surface area contributed by atoms with E-state index in [1.165, 1.54) is 0 Å². The number of fused-ring (bicyclic) bond motifs is 1. The molecule has 2 nitrogen and oxygen atoms in total. The molecule has 1 aliphatic rings. The molecule has 0 radical (unpaired) electrons. The van der Waals surface area contributed by atoms with Gasteiger partial charge in [-0.25, -0.2) is 4.98 Å². The van der Waals surface area contributed by atoms with Crippen molar-refractivity contribution in [3.63, 3.8) is 0 Å². The number of pyridine rings is 1. The molecule has 0 unspecified atom stereocenters. The fourth-order valence-corrected chi connectivity index (χ4v) is 2.18. The van der Waals surface area contributed by atoms with Crippen molar-refractivity contribution in [3.05, 3.63) is 28.0 Å². The predicted octanol–water partition coefficient (Wildman–Crippen LogP) is 2.95. The lowest BCUT2D eigenvalue weighted by Gasteiger charge is -2.06. The Hall–Kier alpha value is -0.890. The van der Waals surface area contributed by atoms with Crippen LogP contribution < -0.4 is 0 Å². The number of carbonyl (C=O) groups is 1. The molecular weight excluding hydrogens is 198 g/mol. The maximum Gasteiger partial charge on any atom is 0.181 e. The van der Waals surface area contributed by atoms with Crippen molar-refractivity contribution in [2.24, 2.45) is 0 Å². The smallest absolute Gasteiger partial charge is 0.181 e. The van der Waals surface area contributed by atoms with Gasteiger partial charge >= 0.3 is 0 Å². The van der Waals surface area contributed by atoms with Gasteiger partial charge in [-0.1, -0.05) is 11.6 Å². The maximum atomic E-state index is 11.7. The van der Waals surface area contributed by atoms with Crippen molar-refractivity contribution in [3.8, 4) is 0 Å². The van der Waals surface area contributed by atoms with Crippen LogP contribution in [-0.2, 0) is 6.42 Å². The van der Waals surface area contributed by atoms with E-state index in [4.69, 9.17) is 11.6 Å². The zero-order valence-corrected chi connectivity index (χ0v) is 8.90. The van der Waals surface area contributed by atoms with Gasteiger partial charge in [-0.3, -0.25) is 4.79 Å². The Morgan fingerprint density at radius 2 is 2.07 bits per heavy atom. The predicted molar refractivity (Wildman–Crippen MR) is 55.9 cm³/mol. The molecule has 74 valence electrons. The van der Waals surface area contributed by atoms with Crippen LogP contribution in [0.15, 0.2) is 6.07 Å². The van der Waals surface area contributed by atoms with Crippen LogP contribution in [-0.4, -0.2) is 10.8 Å². The number of hydrogen-bond donors (Lipinski definition) is 0. The quantitative estimate of drug-likeness (QED) is 0.615. The largest absolute Gasteiger partial charge is 0.292 e. The summed E-state index contributed by atoms with van der Waals surface area (Å²) in [6.45, 7) is 1.87. The van der Waals surface area contributed by atoms with Gasteiger partial charge in [-0.2, -0.15) is 0 Å². The van der Waals surface area contributed by atoms with Crippen LogP contribution in [0.25, 0.3) is 0 Å². The van der Waals surface area contributed by atoms with Crippen molar-refractivity contribution in [1.29, 1.82) is 0 Å². The van der Waals surface area contributed by atoms with Crippen LogP contribution in [0.5, 0.6) is 0 Å². The van der Waals surface area contributed by atoms with Gasteiger partial charge in [0.15, 0.2) is 5.78 Å². The molecule has 0 spiro atoms. The average molecular weight is 210 g/mol. The molecule has 1 aliphatic carbocycles. The molecule has 0 aliphatic heterocycles. The Kier molecular flexibility index (Phi) is 2.55. The molecule has 0 saturated carbocycles. The monoisotopic (exact) mass is 209 g/mol. The number of ketones is 1. The number of halogens is 1. The summed E-state index contributed by atoms with van der Waals surface area (Å²) in [6, 6.07) is 1.83. The van der Waals surface area contributed by atoms with Crippen LogP contribution in [0.3, 0.4) is 0 Å². The summed E-state index contributed by atoms with van der Waals surface area (Å²) in [5.74, 6) is 0.142. The minimum Gasteiger partial charge on any atom is -0.292 e. The number of aryl methyl sites for hydroxylation is 1. The molecule has 0 fully saturated rings. The van der Waals surface area contributed by atoms with E-state index in [2.05, 4.69) is 4.98 Å². The Balaban J connectivity index is 2.58. The lowest BCUT2D eigenvalue weighted by molar-refractivity contribution is 0.0977. The van der Waals surface area contributed by atoms with E-state index in [0.717, 1.165) is 30.5 Å². The van der Waals surface area contributed by atoms with Gasteiger partial charge in [0.1, 0.15) is 5.69 Å². The molecule has 0 atom stereocenters. The van der Waals surface area contributed by atoms with Gasteiger partial charge in [-0.15, -0.1) is 0 Å². The second kappa shape index (κ2) is 3.70. The first-order valence-corrected chi connectivity index (χ1v) is 5.25. The minimum atomic E-state index is 0.142. The molecule has 14 heavy (non-hydrogen) atoms. The molecule has 0 aromatic carbocycles. The van der Waals surface area contributed by atoms with E-state index in [9.17, 15) is 4.79 Å². The van der Waals surface area contributed by atoms with E-state index < -0.39 is 0 Å². The zero-order valence-electron chi connectivity index (χ0n) is 8.14. The molecule has 1 aromatic rings. The van der Waals surface area contributed by atoms with E-state index >= 15 is 0 Å². The SMILES string of the molecule is Cc1cc(Cl)c2c(n1)C(=O)CCCC2. The third-order valence-electron chi connectivity index (χ3n) is 2.54. The number of carbonyl (C=O) groups excluding carboxylic acids is 1. The second-order valence-electron chi connectivity index (χ2n) is 3.70. The highest BCUT2D eigenvalue weighted by molar-refractivity contribution is 6.31. The molecule has 0 bridgehead atoms. The van der Waals surface area contributed by atoms with Crippen LogP contribution in [0, 0.1) is 6.92 Å². The molecule has 3 heteroatoms. The summed E-state index contributed by atoms with van der Waals surface area (Å²) in [6.07, 6.45) is 3.47. The first-order chi connectivity index (χ1) is 6.68. The highest BCUT2D eigenvalue weighted by Crippen LogP contribution is 2.26. The molecule has 0 amide bonds. The Morgan fingerprint density at radius 3 is 2.86 bits per heavy atom. The summed E-state index contributed by atoms with van der Waals surface area (Å²) in [5, 5.41) is 0.697. The summed E-state index contributed by atoms with van der Waals surface area (Å²) in [4.78, 5) is 16.0. The second-order valence-corrected chi connectivity index (χ2v) is 4.11. The Labute approximate surface area is 88.3 Å². The van der Waals surface area contributed by atoms with E-state index in [1.54, 1.807) is 0 Å². The van der Waals surface area contributed by atoms with Crippen molar-refractivity contribution < 1.29 is 4.79 Å². The van der Waals surface area contributed by atoms with Crippen LogP contribution >= 0.6 is 11.6 Å². The summed E-state index contributed by atoms with van der Waals surface area (Å²) in [7, 11) is 0. The molecule has 0 N–H and O–H groups in total. The Morgan fingerprint density at radius 1 is 1.36 bits per heavy atom. The zero-order chi connectivity index (χ0) is 10.1. The van der Waals surface area contributed by atoms with E-state index in [-0.39, 0.29) is 5.78 Å². The summed E-state index contributed by atoms with van der Waals surface area (Å²) < 4.78 is 0. The topological polar surface area (TPSA) is 30.0 Å². The first kappa shape index (κ1) is 9.66. The molecule has 1 aromatic heterocycles. The van der Waals surface area contributed by atoms with Gasteiger partial charge in [0.25, 0.3) is 0 Å². The van der Waals surface area contributed by atoms with Gasteiger partial charge in [0.2, 0.25) is 0 Å². The van der Waals surface area contributed by atoms with Gasteiger partial charge < -0.3 is 0 Å². The fraction of sp³-hybridized carbons (Fsp3) is 0.455. The lowest BCUT2D eigenvalue weighted by Crippen LogP contribution is -2.05. The van der Waals surface area contributed by atoms with Crippen LogP contribution in [0.2, 0.25) is 5.02 Å². The maximum absolute atomic E-state index is 11.7.